The van der Waals surface area contributed by atoms with Gasteiger partial charge in [0.15, 0.2) is 0 Å². The molecule has 0 unspecified atom stereocenters. The maximum atomic E-state index is 12.6. The Labute approximate surface area is 155 Å². The van der Waals surface area contributed by atoms with Crippen molar-refractivity contribution in [3.8, 4) is 0 Å². The predicted molar refractivity (Wildman–Crippen MR) is 104 cm³/mol. The van der Waals surface area contributed by atoms with E-state index in [2.05, 4.69) is 39.2 Å². The minimum atomic E-state index is -0.0867. The van der Waals surface area contributed by atoms with Gasteiger partial charge in [0.25, 0.3) is 5.91 Å². The van der Waals surface area contributed by atoms with Crippen molar-refractivity contribution >= 4 is 11.9 Å². The molecule has 1 N–H and O–H groups in total. The zero-order valence-corrected chi connectivity index (χ0v) is 15.5. The van der Waals surface area contributed by atoms with Crippen molar-refractivity contribution in [2.45, 2.75) is 58.0 Å². The van der Waals surface area contributed by atoms with Gasteiger partial charge in [-0.1, -0.05) is 56.0 Å². The van der Waals surface area contributed by atoms with Gasteiger partial charge in [0.1, 0.15) is 5.69 Å². The first kappa shape index (κ1) is 18.4. The Morgan fingerprint density at radius 3 is 2.54 bits per heavy atom. The lowest BCUT2D eigenvalue weighted by molar-refractivity contribution is 0.0928. The summed E-state index contributed by atoms with van der Waals surface area (Å²) in [6.07, 6.45) is 8.75. The van der Waals surface area contributed by atoms with Gasteiger partial charge in [-0.3, -0.25) is 4.79 Å². The van der Waals surface area contributed by atoms with Crippen LogP contribution >= 0.6 is 0 Å². The number of carbonyl (C=O) groups is 1. The average Bonchev–Trinajstić information content (AvgIpc) is 2.95. The Bertz CT molecular complexity index is 696. The molecule has 1 fully saturated rings. The van der Waals surface area contributed by atoms with Crippen molar-refractivity contribution in [3.05, 3.63) is 53.9 Å². The Morgan fingerprint density at radius 1 is 1.12 bits per heavy atom. The van der Waals surface area contributed by atoms with E-state index >= 15 is 0 Å². The lowest BCUT2D eigenvalue weighted by Crippen LogP contribution is -2.35. The number of hydrogen-bond donors (Lipinski definition) is 1. The Kier molecular flexibility index (Phi) is 6.58. The molecule has 5 heteroatoms. The number of aromatic nitrogens is 2. The molecule has 3 rings (SSSR count). The molecular formula is C21H28N4O. The molecule has 1 aliphatic carbocycles. The van der Waals surface area contributed by atoms with Gasteiger partial charge >= 0.3 is 0 Å². The number of hydrogen-bond acceptors (Lipinski definition) is 4. The van der Waals surface area contributed by atoms with E-state index < -0.39 is 0 Å². The van der Waals surface area contributed by atoms with E-state index in [9.17, 15) is 4.79 Å². The number of nitrogens with zero attached hydrogens (tertiary/aromatic N) is 3. The normalized spacial score (nSPS) is 15.3. The van der Waals surface area contributed by atoms with Crippen molar-refractivity contribution in [1.29, 1.82) is 0 Å². The van der Waals surface area contributed by atoms with E-state index in [1.54, 1.807) is 12.3 Å². The van der Waals surface area contributed by atoms with E-state index in [0.717, 1.165) is 25.9 Å². The first-order valence-corrected chi connectivity index (χ1v) is 9.69. The minimum Gasteiger partial charge on any atom is -0.348 e. The summed E-state index contributed by atoms with van der Waals surface area (Å²) in [6, 6.07) is 12.2. The third kappa shape index (κ3) is 5.04. The first-order chi connectivity index (χ1) is 12.8. The van der Waals surface area contributed by atoms with Crippen LogP contribution in [0.1, 0.15) is 61.5 Å². The summed E-state index contributed by atoms with van der Waals surface area (Å²) in [6.45, 7) is 3.58. The van der Waals surface area contributed by atoms with Crippen molar-refractivity contribution in [2.75, 3.05) is 11.4 Å². The monoisotopic (exact) mass is 352 g/mol. The molecule has 2 aromatic rings. The summed E-state index contributed by atoms with van der Waals surface area (Å²) in [5.41, 5.74) is 1.65. The molecule has 1 aromatic carbocycles. The maximum absolute atomic E-state index is 12.6. The Hall–Kier alpha value is -2.43. The Balaban J connectivity index is 1.68. The molecular weight excluding hydrogens is 324 g/mol. The van der Waals surface area contributed by atoms with Crippen LogP contribution < -0.4 is 10.2 Å². The Morgan fingerprint density at radius 2 is 1.85 bits per heavy atom. The van der Waals surface area contributed by atoms with Crippen molar-refractivity contribution in [1.82, 2.24) is 15.3 Å². The van der Waals surface area contributed by atoms with Gasteiger partial charge in [-0.05, 0) is 31.4 Å². The van der Waals surface area contributed by atoms with E-state index in [1.807, 2.05) is 18.2 Å². The standard InChI is InChI=1S/C21H28N4O/c1-2-25(16-17-10-6-5-7-11-17)21-22-15-14-19(24-21)20(26)23-18-12-8-3-4-9-13-18/h5-7,10-11,14-15,18H,2-4,8-9,12-13,16H2,1H3,(H,23,26). The fourth-order valence-electron chi connectivity index (χ4n) is 3.44. The zero-order valence-electron chi connectivity index (χ0n) is 15.5. The molecule has 1 aliphatic rings. The summed E-state index contributed by atoms with van der Waals surface area (Å²) in [7, 11) is 0. The second-order valence-corrected chi connectivity index (χ2v) is 6.90. The number of benzene rings is 1. The highest BCUT2D eigenvalue weighted by Gasteiger charge is 2.18. The van der Waals surface area contributed by atoms with Crippen LogP contribution in [0.2, 0.25) is 0 Å². The van der Waals surface area contributed by atoms with E-state index in [4.69, 9.17) is 0 Å². The minimum absolute atomic E-state index is 0.0867. The number of anilines is 1. The molecule has 5 nitrogen and oxygen atoms in total. The molecule has 1 saturated carbocycles. The van der Waals surface area contributed by atoms with E-state index in [0.29, 0.717) is 11.6 Å². The van der Waals surface area contributed by atoms with Crippen LogP contribution in [-0.4, -0.2) is 28.5 Å². The summed E-state index contributed by atoms with van der Waals surface area (Å²) >= 11 is 0. The van der Waals surface area contributed by atoms with Gasteiger partial charge in [-0.2, -0.15) is 0 Å². The topological polar surface area (TPSA) is 58.1 Å². The quantitative estimate of drug-likeness (QED) is 0.800. The molecule has 0 atom stereocenters. The zero-order chi connectivity index (χ0) is 18.2. The molecule has 1 heterocycles. The predicted octanol–water partition coefficient (Wildman–Crippen LogP) is 3.96. The van der Waals surface area contributed by atoms with Crippen LogP contribution in [0.3, 0.4) is 0 Å². The van der Waals surface area contributed by atoms with Crippen LogP contribution in [0.5, 0.6) is 0 Å². The van der Waals surface area contributed by atoms with Crippen LogP contribution in [-0.2, 0) is 6.54 Å². The summed E-state index contributed by atoms with van der Waals surface area (Å²) < 4.78 is 0. The van der Waals surface area contributed by atoms with Gasteiger partial charge in [0.05, 0.1) is 0 Å². The van der Waals surface area contributed by atoms with Gasteiger partial charge in [-0.25, -0.2) is 9.97 Å². The SMILES string of the molecule is CCN(Cc1ccccc1)c1nccc(C(=O)NC2CCCCCC2)n1. The lowest BCUT2D eigenvalue weighted by atomic mass is 10.1. The second-order valence-electron chi connectivity index (χ2n) is 6.90. The number of nitrogens with one attached hydrogen (secondary N) is 1. The van der Waals surface area contributed by atoms with Crippen LogP contribution in [0, 0.1) is 0 Å². The van der Waals surface area contributed by atoms with Crippen LogP contribution in [0.15, 0.2) is 42.6 Å². The number of carbonyl (C=O) groups excluding carboxylic acids is 1. The van der Waals surface area contributed by atoms with Gasteiger partial charge in [0, 0.05) is 25.3 Å². The molecule has 1 aromatic heterocycles. The van der Waals surface area contributed by atoms with E-state index in [1.165, 1.54) is 31.2 Å². The second kappa shape index (κ2) is 9.32. The molecule has 1 amide bonds. The summed E-state index contributed by atoms with van der Waals surface area (Å²) in [5.74, 6) is 0.515. The van der Waals surface area contributed by atoms with Crippen molar-refractivity contribution in [2.24, 2.45) is 0 Å². The van der Waals surface area contributed by atoms with Gasteiger partial charge < -0.3 is 10.2 Å². The number of rotatable bonds is 6. The average molecular weight is 352 g/mol. The number of amides is 1. The molecule has 0 saturated heterocycles. The highest BCUT2D eigenvalue weighted by Crippen LogP contribution is 2.18. The maximum Gasteiger partial charge on any atom is 0.270 e. The molecule has 0 radical (unpaired) electrons. The molecule has 0 aliphatic heterocycles. The van der Waals surface area contributed by atoms with Gasteiger partial charge in [0.2, 0.25) is 5.95 Å². The van der Waals surface area contributed by atoms with Gasteiger partial charge in [-0.15, -0.1) is 0 Å². The highest BCUT2D eigenvalue weighted by molar-refractivity contribution is 5.92. The smallest absolute Gasteiger partial charge is 0.270 e. The first-order valence-electron chi connectivity index (χ1n) is 9.69. The van der Waals surface area contributed by atoms with Crippen LogP contribution in [0.4, 0.5) is 5.95 Å². The summed E-state index contributed by atoms with van der Waals surface area (Å²) in [4.78, 5) is 23.6. The van der Waals surface area contributed by atoms with Crippen LogP contribution in [0.25, 0.3) is 0 Å². The fourth-order valence-corrected chi connectivity index (χ4v) is 3.44. The lowest BCUT2D eigenvalue weighted by Gasteiger charge is -2.21. The molecule has 0 bridgehead atoms. The van der Waals surface area contributed by atoms with Crippen molar-refractivity contribution in [3.63, 3.8) is 0 Å². The molecule has 138 valence electrons. The largest absolute Gasteiger partial charge is 0.348 e. The summed E-state index contributed by atoms with van der Waals surface area (Å²) in [5, 5.41) is 3.16. The highest BCUT2D eigenvalue weighted by atomic mass is 16.1. The molecule has 0 spiro atoms. The van der Waals surface area contributed by atoms with E-state index in [-0.39, 0.29) is 11.9 Å². The van der Waals surface area contributed by atoms with Crippen molar-refractivity contribution < 1.29 is 4.79 Å². The third-order valence-corrected chi connectivity index (χ3v) is 4.95. The molecule has 26 heavy (non-hydrogen) atoms. The fraction of sp³-hybridized carbons (Fsp3) is 0.476. The third-order valence-electron chi connectivity index (χ3n) is 4.95.